The molecule has 4 aliphatic heterocycles. The van der Waals surface area contributed by atoms with Crippen LogP contribution in [0.3, 0.4) is 0 Å². The Labute approximate surface area is 191 Å². The number of fused-ring (bicyclic) bond motifs is 3. The summed E-state index contributed by atoms with van der Waals surface area (Å²) < 4.78 is 5.82. The number of piperidine rings is 3. The number of rotatable bonds is 5. The van der Waals surface area contributed by atoms with Crippen LogP contribution in [0, 0.1) is 17.8 Å². The highest BCUT2D eigenvalue weighted by molar-refractivity contribution is 5.50. The predicted molar refractivity (Wildman–Crippen MR) is 127 cm³/mol. The first-order chi connectivity index (χ1) is 15.6. The lowest BCUT2D eigenvalue weighted by Gasteiger charge is -2.47. The average Bonchev–Trinajstić information content (AvgIpc) is 3.28. The normalized spacial score (nSPS) is 29.1. The van der Waals surface area contributed by atoms with Gasteiger partial charge in [0.1, 0.15) is 11.4 Å². The van der Waals surface area contributed by atoms with Crippen LogP contribution in [0.2, 0.25) is 0 Å². The van der Waals surface area contributed by atoms with Gasteiger partial charge in [-0.2, -0.15) is 0 Å². The fourth-order valence-corrected chi connectivity index (χ4v) is 5.37. The van der Waals surface area contributed by atoms with E-state index in [1.54, 1.807) is 0 Å². The number of benzene rings is 1. The van der Waals surface area contributed by atoms with E-state index in [4.69, 9.17) is 9.72 Å². The molecule has 0 aliphatic carbocycles. The van der Waals surface area contributed by atoms with Crippen LogP contribution in [-0.4, -0.2) is 66.0 Å². The SMILES string of the molecule is CCOC1CCN(c2ccc(C#CC3(O)CN4CCC3CC4)c(Cc3ccccc3)n2)C1. The maximum Gasteiger partial charge on any atom is 0.141 e. The summed E-state index contributed by atoms with van der Waals surface area (Å²) in [4.78, 5) is 9.70. The molecule has 0 saturated carbocycles. The molecule has 0 amide bonds. The van der Waals surface area contributed by atoms with Crippen LogP contribution in [0.25, 0.3) is 0 Å². The maximum absolute atomic E-state index is 11.3. The quantitative estimate of drug-likeness (QED) is 0.738. The van der Waals surface area contributed by atoms with Gasteiger partial charge in [0.05, 0.1) is 11.8 Å². The van der Waals surface area contributed by atoms with Gasteiger partial charge in [-0.1, -0.05) is 42.2 Å². The Morgan fingerprint density at radius 1 is 1.09 bits per heavy atom. The van der Waals surface area contributed by atoms with Crippen molar-refractivity contribution in [2.75, 3.05) is 44.2 Å². The molecule has 0 radical (unpaired) electrons. The van der Waals surface area contributed by atoms with Crippen molar-refractivity contribution >= 4 is 5.82 Å². The van der Waals surface area contributed by atoms with Crippen molar-refractivity contribution in [2.24, 2.45) is 5.92 Å². The molecule has 0 spiro atoms. The minimum atomic E-state index is -0.904. The zero-order valence-electron chi connectivity index (χ0n) is 19.0. The number of pyridine rings is 1. The monoisotopic (exact) mass is 431 g/mol. The molecule has 5 nitrogen and oxygen atoms in total. The third kappa shape index (κ3) is 4.54. The Hall–Kier alpha value is -2.39. The molecule has 2 atom stereocenters. The summed E-state index contributed by atoms with van der Waals surface area (Å²) in [6.45, 7) is 7.48. The number of anilines is 1. The third-order valence-corrected chi connectivity index (χ3v) is 7.19. The van der Waals surface area contributed by atoms with E-state index in [2.05, 4.69) is 65.0 Å². The first-order valence-corrected chi connectivity index (χ1v) is 12.0. The van der Waals surface area contributed by atoms with E-state index >= 15 is 0 Å². The van der Waals surface area contributed by atoms with Crippen LogP contribution in [0.4, 0.5) is 5.82 Å². The van der Waals surface area contributed by atoms with E-state index in [1.807, 2.05) is 6.07 Å². The Morgan fingerprint density at radius 3 is 2.62 bits per heavy atom. The van der Waals surface area contributed by atoms with Crippen molar-refractivity contribution in [3.8, 4) is 11.8 Å². The van der Waals surface area contributed by atoms with Crippen LogP contribution < -0.4 is 4.90 Å². The topological polar surface area (TPSA) is 48.8 Å². The summed E-state index contributed by atoms with van der Waals surface area (Å²) in [6.07, 6.45) is 4.13. The van der Waals surface area contributed by atoms with E-state index < -0.39 is 5.60 Å². The van der Waals surface area contributed by atoms with Gasteiger partial charge in [-0.15, -0.1) is 0 Å². The summed E-state index contributed by atoms with van der Waals surface area (Å²) in [5.41, 5.74) is 2.21. The Balaban J connectivity index is 1.43. The van der Waals surface area contributed by atoms with Crippen molar-refractivity contribution in [2.45, 2.75) is 44.3 Å². The van der Waals surface area contributed by atoms with Crippen LogP contribution >= 0.6 is 0 Å². The van der Waals surface area contributed by atoms with Gasteiger partial charge in [-0.05, 0) is 57.0 Å². The van der Waals surface area contributed by atoms with E-state index in [-0.39, 0.29) is 12.0 Å². The highest BCUT2D eigenvalue weighted by Crippen LogP contribution is 2.35. The lowest BCUT2D eigenvalue weighted by atomic mass is 9.75. The third-order valence-electron chi connectivity index (χ3n) is 7.19. The van der Waals surface area contributed by atoms with Gasteiger partial charge in [-0.3, -0.25) is 4.90 Å². The molecule has 5 heteroatoms. The molecule has 1 N–H and O–H groups in total. The summed E-state index contributed by atoms with van der Waals surface area (Å²) in [5, 5.41) is 11.3. The molecular formula is C27H33N3O2. The van der Waals surface area contributed by atoms with Gasteiger partial charge in [-0.25, -0.2) is 4.98 Å². The van der Waals surface area contributed by atoms with Crippen molar-refractivity contribution in [1.29, 1.82) is 0 Å². The second kappa shape index (κ2) is 9.23. The van der Waals surface area contributed by atoms with Crippen molar-refractivity contribution in [3.05, 3.63) is 59.3 Å². The molecule has 2 unspecified atom stereocenters. The molecule has 168 valence electrons. The number of nitrogens with zero attached hydrogens (tertiary/aromatic N) is 3. The summed E-state index contributed by atoms with van der Waals surface area (Å²) in [5.74, 6) is 7.89. The van der Waals surface area contributed by atoms with E-state index in [0.29, 0.717) is 6.54 Å². The molecule has 4 saturated heterocycles. The Bertz CT molecular complexity index is 991. The fraction of sp³-hybridized carbons (Fsp3) is 0.519. The Kier molecular flexibility index (Phi) is 6.19. The smallest absolute Gasteiger partial charge is 0.141 e. The van der Waals surface area contributed by atoms with Gasteiger partial charge >= 0.3 is 0 Å². The second-order valence-electron chi connectivity index (χ2n) is 9.36. The molecule has 1 aromatic carbocycles. The zero-order valence-corrected chi connectivity index (χ0v) is 19.0. The molecule has 4 aliphatic rings. The molecule has 1 aromatic heterocycles. The number of hydrogen-bond acceptors (Lipinski definition) is 5. The highest BCUT2D eigenvalue weighted by atomic mass is 16.5. The van der Waals surface area contributed by atoms with Crippen molar-refractivity contribution in [1.82, 2.24) is 9.88 Å². The molecule has 5 heterocycles. The molecule has 2 bridgehead atoms. The van der Waals surface area contributed by atoms with Crippen LogP contribution in [0.1, 0.15) is 43.0 Å². The van der Waals surface area contributed by atoms with E-state index in [1.165, 1.54) is 5.56 Å². The Morgan fingerprint density at radius 2 is 1.91 bits per heavy atom. The number of ether oxygens (including phenoxy) is 1. The molecular weight excluding hydrogens is 398 g/mol. The number of hydrogen-bond donors (Lipinski definition) is 1. The second-order valence-corrected chi connectivity index (χ2v) is 9.36. The van der Waals surface area contributed by atoms with Gasteiger partial charge in [0.15, 0.2) is 0 Å². The van der Waals surface area contributed by atoms with E-state index in [0.717, 1.165) is 75.5 Å². The first-order valence-electron chi connectivity index (χ1n) is 12.0. The summed E-state index contributed by atoms with van der Waals surface area (Å²) in [7, 11) is 0. The minimum absolute atomic E-state index is 0.282. The van der Waals surface area contributed by atoms with Crippen molar-refractivity contribution < 1.29 is 9.84 Å². The largest absolute Gasteiger partial charge is 0.377 e. The summed E-state index contributed by atoms with van der Waals surface area (Å²) in [6, 6.07) is 14.6. The van der Waals surface area contributed by atoms with Crippen LogP contribution in [0.15, 0.2) is 42.5 Å². The number of aliphatic hydroxyl groups is 1. The average molecular weight is 432 g/mol. The van der Waals surface area contributed by atoms with Crippen molar-refractivity contribution in [3.63, 3.8) is 0 Å². The first kappa shape index (κ1) is 21.5. The highest BCUT2D eigenvalue weighted by Gasteiger charge is 2.44. The molecule has 32 heavy (non-hydrogen) atoms. The van der Waals surface area contributed by atoms with Gasteiger partial charge in [0.2, 0.25) is 0 Å². The lowest BCUT2D eigenvalue weighted by Crippen LogP contribution is -2.58. The van der Waals surface area contributed by atoms with Gasteiger partial charge in [0, 0.05) is 44.1 Å². The van der Waals surface area contributed by atoms with E-state index in [9.17, 15) is 5.11 Å². The van der Waals surface area contributed by atoms with Crippen LogP contribution in [0.5, 0.6) is 0 Å². The van der Waals surface area contributed by atoms with Crippen LogP contribution in [-0.2, 0) is 11.2 Å². The standard InChI is InChI=1S/C27H33N3O2/c1-2-32-24-13-17-30(19-24)26-9-8-22(25(28-26)18-21-6-4-3-5-7-21)10-14-27(31)20-29-15-11-23(27)12-16-29/h3-9,23-24,31H,2,11-13,15-20H2,1H3. The summed E-state index contributed by atoms with van der Waals surface area (Å²) >= 11 is 0. The molecule has 4 fully saturated rings. The lowest BCUT2D eigenvalue weighted by molar-refractivity contribution is -0.0713. The maximum atomic E-state index is 11.3. The zero-order chi connectivity index (χ0) is 22.0. The fourth-order valence-electron chi connectivity index (χ4n) is 5.37. The van der Waals surface area contributed by atoms with Gasteiger partial charge < -0.3 is 14.7 Å². The molecule has 2 aromatic rings. The minimum Gasteiger partial charge on any atom is -0.377 e. The number of aromatic nitrogens is 1. The predicted octanol–water partition coefficient (Wildman–Crippen LogP) is 3.10. The molecule has 6 rings (SSSR count). The van der Waals surface area contributed by atoms with Gasteiger partial charge in [0.25, 0.3) is 0 Å².